The fourth-order valence-corrected chi connectivity index (χ4v) is 3.96. The highest BCUT2D eigenvalue weighted by Crippen LogP contribution is 2.22. The summed E-state index contributed by atoms with van der Waals surface area (Å²) < 4.78 is 0. The molecule has 0 saturated carbocycles. The van der Waals surface area contributed by atoms with Gasteiger partial charge in [0.25, 0.3) is 0 Å². The van der Waals surface area contributed by atoms with Crippen molar-refractivity contribution in [3.63, 3.8) is 0 Å². The van der Waals surface area contributed by atoms with Crippen molar-refractivity contribution in [2.75, 3.05) is 5.75 Å². The fourth-order valence-electron chi connectivity index (χ4n) is 2.99. The first-order valence-corrected chi connectivity index (χ1v) is 11.5. The van der Waals surface area contributed by atoms with Crippen LogP contribution in [0.2, 0.25) is 5.02 Å². The summed E-state index contributed by atoms with van der Waals surface area (Å²) in [5.41, 5.74) is 1.79. The molecule has 2 rings (SSSR count). The van der Waals surface area contributed by atoms with Gasteiger partial charge >= 0.3 is 0 Å². The normalized spacial score (nSPS) is 12.3. The molecule has 0 radical (unpaired) electrons. The van der Waals surface area contributed by atoms with Gasteiger partial charge in [-0.25, -0.2) is 0 Å². The standard InChI is InChI=1S/C24H31ClN2O2S/c1-17-7-6-8-19(15-17)16-27(18(2)23(29)26-24(3,4)5)22(28)13-14-30-21-11-9-20(25)10-12-21/h6-12,15,18H,13-14,16H2,1-5H3,(H,26,29)/t18-/m1/s1. The Morgan fingerprint density at radius 2 is 1.80 bits per heavy atom. The number of amides is 2. The first kappa shape index (κ1) is 24.3. The average molecular weight is 447 g/mol. The predicted molar refractivity (Wildman–Crippen MR) is 126 cm³/mol. The number of carbonyl (C=O) groups excluding carboxylic acids is 2. The van der Waals surface area contributed by atoms with Gasteiger partial charge in [0.15, 0.2) is 0 Å². The van der Waals surface area contributed by atoms with Gasteiger partial charge in [-0.15, -0.1) is 11.8 Å². The Morgan fingerprint density at radius 1 is 1.13 bits per heavy atom. The number of thioether (sulfide) groups is 1. The van der Waals surface area contributed by atoms with Gasteiger partial charge in [-0.3, -0.25) is 9.59 Å². The van der Waals surface area contributed by atoms with E-state index in [9.17, 15) is 9.59 Å². The molecule has 4 nitrogen and oxygen atoms in total. The molecule has 2 aromatic carbocycles. The van der Waals surface area contributed by atoms with E-state index in [4.69, 9.17) is 11.6 Å². The molecule has 0 aliphatic rings. The third-order valence-electron chi connectivity index (χ3n) is 4.50. The number of rotatable bonds is 8. The smallest absolute Gasteiger partial charge is 0.242 e. The fraction of sp³-hybridized carbons (Fsp3) is 0.417. The Labute approximate surface area is 189 Å². The Morgan fingerprint density at radius 3 is 2.40 bits per heavy atom. The van der Waals surface area contributed by atoms with Crippen molar-refractivity contribution in [1.29, 1.82) is 0 Å². The van der Waals surface area contributed by atoms with E-state index in [1.54, 1.807) is 23.6 Å². The van der Waals surface area contributed by atoms with Crippen LogP contribution in [-0.2, 0) is 16.1 Å². The molecule has 0 unspecified atom stereocenters. The molecule has 30 heavy (non-hydrogen) atoms. The molecule has 6 heteroatoms. The van der Waals surface area contributed by atoms with E-state index in [-0.39, 0.29) is 17.4 Å². The minimum absolute atomic E-state index is 0.0328. The zero-order valence-corrected chi connectivity index (χ0v) is 19.9. The molecule has 0 fully saturated rings. The monoisotopic (exact) mass is 446 g/mol. The maximum Gasteiger partial charge on any atom is 0.242 e. The quantitative estimate of drug-likeness (QED) is 0.547. The first-order chi connectivity index (χ1) is 14.0. The van der Waals surface area contributed by atoms with E-state index in [0.29, 0.717) is 23.7 Å². The van der Waals surface area contributed by atoms with Crippen LogP contribution >= 0.6 is 23.4 Å². The van der Waals surface area contributed by atoms with E-state index in [1.807, 2.05) is 70.2 Å². The van der Waals surface area contributed by atoms with E-state index < -0.39 is 6.04 Å². The van der Waals surface area contributed by atoms with Crippen molar-refractivity contribution in [2.45, 2.75) is 64.1 Å². The topological polar surface area (TPSA) is 49.4 Å². The van der Waals surface area contributed by atoms with E-state index >= 15 is 0 Å². The van der Waals surface area contributed by atoms with Crippen LogP contribution in [0.15, 0.2) is 53.4 Å². The highest BCUT2D eigenvalue weighted by Gasteiger charge is 2.28. The van der Waals surface area contributed by atoms with Gasteiger partial charge in [0.2, 0.25) is 11.8 Å². The van der Waals surface area contributed by atoms with Gasteiger partial charge in [0.05, 0.1) is 0 Å². The molecule has 1 N–H and O–H groups in total. The molecule has 1 atom stereocenters. The lowest BCUT2D eigenvalue weighted by Crippen LogP contribution is -2.52. The van der Waals surface area contributed by atoms with E-state index in [1.165, 1.54) is 0 Å². The lowest BCUT2D eigenvalue weighted by molar-refractivity contribution is -0.140. The lowest BCUT2D eigenvalue weighted by Gasteiger charge is -2.31. The highest BCUT2D eigenvalue weighted by molar-refractivity contribution is 7.99. The van der Waals surface area contributed by atoms with Crippen molar-refractivity contribution in [1.82, 2.24) is 10.2 Å². The molecule has 0 bridgehead atoms. The Balaban J connectivity index is 2.09. The zero-order valence-electron chi connectivity index (χ0n) is 18.4. The second kappa shape index (κ2) is 10.9. The van der Waals surface area contributed by atoms with Crippen LogP contribution < -0.4 is 5.32 Å². The summed E-state index contributed by atoms with van der Waals surface area (Å²) in [7, 11) is 0. The molecule has 0 aromatic heterocycles. The van der Waals surface area contributed by atoms with E-state index in [0.717, 1.165) is 16.0 Å². The van der Waals surface area contributed by atoms with Crippen molar-refractivity contribution < 1.29 is 9.59 Å². The second-order valence-corrected chi connectivity index (χ2v) is 10.1. The minimum Gasteiger partial charge on any atom is -0.350 e. The molecule has 0 spiro atoms. The van der Waals surface area contributed by atoms with Crippen molar-refractivity contribution >= 4 is 35.2 Å². The number of nitrogens with zero attached hydrogens (tertiary/aromatic N) is 1. The van der Waals surface area contributed by atoms with Gasteiger partial charge in [-0.1, -0.05) is 41.4 Å². The summed E-state index contributed by atoms with van der Waals surface area (Å²) in [6, 6.07) is 15.1. The Hall–Kier alpha value is -1.98. The van der Waals surface area contributed by atoms with Crippen molar-refractivity contribution in [2.24, 2.45) is 0 Å². The third-order valence-corrected chi connectivity index (χ3v) is 5.76. The van der Waals surface area contributed by atoms with Crippen LogP contribution in [0.1, 0.15) is 45.2 Å². The van der Waals surface area contributed by atoms with Crippen molar-refractivity contribution in [3.05, 3.63) is 64.7 Å². The Bertz CT molecular complexity index is 862. The molecular weight excluding hydrogens is 416 g/mol. The molecular formula is C24H31ClN2O2S. The zero-order chi connectivity index (χ0) is 22.3. The van der Waals surface area contributed by atoms with Gasteiger partial charge < -0.3 is 10.2 Å². The van der Waals surface area contributed by atoms with Crippen molar-refractivity contribution in [3.8, 4) is 0 Å². The maximum absolute atomic E-state index is 13.1. The molecule has 0 saturated heterocycles. The minimum atomic E-state index is -0.558. The molecule has 0 heterocycles. The summed E-state index contributed by atoms with van der Waals surface area (Å²) >= 11 is 7.54. The SMILES string of the molecule is Cc1cccc(CN(C(=O)CCSc2ccc(Cl)cc2)[C@H](C)C(=O)NC(C)(C)C)c1. The maximum atomic E-state index is 13.1. The summed E-state index contributed by atoms with van der Waals surface area (Å²) in [5, 5.41) is 3.68. The van der Waals surface area contributed by atoms with Crippen LogP contribution in [0.25, 0.3) is 0 Å². The van der Waals surface area contributed by atoms with Gasteiger partial charge in [0, 0.05) is 34.2 Å². The predicted octanol–water partition coefficient (Wildman–Crippen LogP) is 5.46. The summed E-state index contributed by atoms with van der Waals surface area (Å²) in [6.07, 6.45) is 0.353. The van der Waals surface area contributed by atoms with Crippen LogP contribution in [0, 0.1) is 6.92 Å². The lowest BCUT2D eigenvalue weighted by atomic mass is 10.1. The summed E-state index contributed by atoms with van der Waals surface area (Å²) in [4.78, 5) is 28.6. The average Bonchev–Trinajstić information content (AvgIpc) is 2.65. The molecule has 2 aromatic rings. The molecule has 0 aliphatic carbocycles. The number of nitrogens with one attached hydrogen (secondary N) is 1. The number of hydrogen-bond donors (Lipinski definition) is 1. The summed E-state index contributed by atoms with van der Waals surface area (Å²) in [5.74, 6) is 0.460. The third kappa shape index (κ3) is 8.04. The van der Waals surface area contributed by atoms with Crippen LogP contribution in [0.4, 0.5) is 0 Å². The van der Waals surface area contributed by atoms with Crippen LogP contribution in [0.3, 0.4) is 0 Å². The summed E-state index contributed by atoms with van der Waals surface area (Å²) in [6.45, 7) is 10.0. The second-order valence-electron chi connectivity index (χ2n) is 8.48. The number of hydrogen-bond acceptors (Lipinski definition) is 3. The first-order valence-electron chi connectivity index (χ1n) is 10.1. The number of aryl methyl sites for hydroxylation is 1. The highest BCUT2D eigenvalue weighted by atomic mass is 35.5. The van der Waals surface area contributed by atoms with Crippen LogP contribution in [0.5, 0.6) is 0 Å². The number of halogens is 1. The molecule has 2 amide bonds. The van der Waals surface area contributed by atoms with E-state index in [2.05, 4.69) is 11.4 Å². The Kier molecular flexibility index (Phi) is 8.80. The molecule has 0 aliphatic heterocycles. The largest absolute Gasteiger partial charge is 0.350 e. The van der Waals surface area contributed by atoms with Gasteiger partial charge in [-0.2, -0.15) is 0 Å². The number of benzene rings is 2. The molecule has 162 valence electrons. The van der Waals surface area contributed by atoms with Crippen LogP contribution in [-0.4, -0.2) is 34.0 Å². The van der Waals surface area contributed by atoms with Gasteiger partial charge in [-0.05, 0) is 64.4 Å². The number of carbonyl (C=O) groups is 2. The van der Waals surface area contributed by atoms with Gasteiger partial charge in [0.1, 0.15) is 6.04 Å².